The van der Waals surface area contributed by atoms with Crippen molar-refractivity contribution in [3.8, 4) is 0 Å². The normalized spacial score (nSPS) is 14.7. The molecule has 0 spiro atoms. The number of rotatable bonds is 6. The second-order valence-electron chi connectivity index (χ2n) is 5.79. The summed E-state index contributed by atoms with van der Waals surface area (Å²) in [6, 6.07) is 8.20. The van der Waals surface area contributed by atoms with Crippen molar-refractivity contribution in [3.63, 3.8) is 0 Å². The molecule has 1 fully saturated rings. The maximum Gasteiger partial charge on any atom is 0.329 e. The van der Waals surface area contributed by atoms with Crippen molar-refractivity contribution in [2.24, 2.45) is 0 Å². The minimum absolute atomic E-state index is 0.0223. The largest absolute Gasteiger partial charge is 0.360 e. The Bertz CT molecular complexity index is 734. The number of nitro groups is 1. The van der Waals surface area contributed by atoms with Crippen LogP contribution >= 0.6 is 11.6 Å². The average Bonchev–Trinajstić information content (AvgIpc) is 3.06. The molecule has 0 amide bonds. The number of anilines is 1. The molecule has 0 bridgehead atoms. The lowest BCUT2D eigenvalue weighted by Gasteiger charge is -2.15. The molecule has 2 aromatic rings. The highest BCUT2D eigenvalue weighted by molar-refractivity contribution is 6.28. The first-order valence-electron chi connectivity index (χ1n) is 7.83. The quantitative estimate of drug-likeness (QED) is 0.490. The molecule has 7 nitrogen and oxygen atoms in total. The highest BCUT2D eigenvalue weighted by Crippen LogP contribution is 2.23. The molecule has 0 atom stereocenters. The molecule has 1 N–H and O–H groups in total. The van der Waals surface area contributed by atoms with Gasteiger partial charge in [-0.2, -0.15) is 4.98 Å². The second kappa shape index (κ2) is 7.55. The van der Waals surface area contributed by atoms with E-state index in [0.717, 1.165) is 31.4 Å². The van der Waals surface area contributed by atoms with Crippen molar-refractivity contribution in [2.75, 3.05) is 18.4 Å². The summed E-state index contributed by atoms with van der Waals surface area (Å²) in [6.45, 7) is 3.66. The molecule has 8 heteroatoms. The van der Waals surface area contributed by atoms with Crippen LogP contribution < -0.4 is 5.32 Å². The third-order valence-corrected chi connectivity index (χ3v) is 4.18. The van der Waals surface area contributed by atoms with Crippen LogP contribution in [0.3, 0.4) is 0 Å². The summed E-state index contributed by atoms with van der Waals surface area (Å²) in [6.07, 6.45) is 3.64. The number of likely N-dealkylation sites (tertiary alicyclic amines) is 1. The summed E-state index contributed by atoms with van der Waals surface area (Å²) in [5.41, 5.74) is 2.09. The van der Waals surface area contributed by atoms with Gasteiger partial charge in [-0.15, -0.1) is 0 Å². The Morgan fingerprint density at radius 1 is 1.29 bits per heavy atom. The number of nitrogens with one attached hydrogen (secondary N) is 1. The number of aromatic nitrogens is 2. The first-order valence-corrected chi connectivity index (χ1v) is 8.20. The van der Waals surface area contributed by atoms with E-state index in [1.165, 1.54) is 18.4 Å². The van der Waals surface area contributed by atoms with Crippen molar-refractivity contribution < 1.29 is 4.92 Å². The summed E-state index contributed by atoms with van der Waals surface area (Å²) >= 11 is 5.73. The Morgan fingerprint density at radius 2 is 2.04 bits per heavy atom. The van der Waals surface area contributed by atoms with Gasteiger partial charge in [-0.25, -0.2) is 4.98 Å². The standard InChI is InChI=1S/C16H18ClN5O2/c17-16-19-10-14(22(23)24)15(20-16)18-9-12-4-3-5-13(8-12)11-21-6-1-2-7-21/h3-5,8,10H,1-2,6-7,9,11H2,(H,18,19,20). The minimum atomic E-state index is -0.525. The van der Waals surface area contributed by atoms with Gasteiger partial charge >= 0.3 is 5.69 Å². The highest BCUT2D eigenvalue weighted by Gasteiger charge is 2.17. The fraction of sp³-hybridized carbons (Fsp3) is 0.375. The molecule has 1 aromatic carbocycles. The van der Waals surface area contributed by atoms with E-state index < -0.39 is 4.92 Å². The first-order chi connectivity index (χ1) is 11.6. The predicted molar refractivity (Wildman–Crippen MR) is 92.0 cm³/mol. The van der Waals surface area contributed by atoms with E-state index in [0.29, 0.717) is 6.54 Å². The topological polar surface area (TPSA) is 84.2 Å². The summed E-state index contributed by atoms with van der Waals surface area (Å²) < 4.78 is 0. The van der Waals surface area contributed by atoms with Crippen LogP contribution in [0.25, 0.3) is 0 Å². The van der Waals surface area contributed by atoms with Crippen molar-refractivity contribution >= 4 is 23.1 Å². The molecule has 0 aliphatic carbocycles. The van der Waals surface area contributed by atoms with E-state index >= 15 is 0 Å². The van der Waals surface area contributed by atoms with Crippen molar-refractivity contribution in [1.29, 1.82) is 0 Å². The number of benzene rings is 1. The van der Waals surface area contributed by atoms with Gasteiger partial charge in [-0.3, -0.25) is 15.0 Å². The van der Waals surface area contributed by atoms with Crippen LogP contribution in [0.2, 0.25) is 5.28 Å². The highest BCUT2D eigenvalue weighted by atomic mass is 35.5. The van der Waals surface area contributed by atoms with Crippen LogP contribution in [-0.4, -0.2) is 32.9 Å². The summed E-state index contributed by atoms with van der Waals surface area (Å²) in [4.78, 5) is 20.5. The van der Waals surface area contributed by atoms with Crippen LogP contribution in [0.5, 0.6) is 0 Å². The Morgan fingerprint density at radius 3 is 2.79 bits per heavy atom. The Labute approximate surface area is 144 Å². The van der Waals surface area contributed by atoms with E-state index in [-0.39, 0.29) is 16.8 Å². The van der Waals surface area contributed by atoms with Gasteiger partial charge in [-0.05, 0) is 48.7 Å². The van der Waals surface area contributed by atoms with Crippen molar-refractivity contribution in [1.82, 2.24) is 14.9 Å². The summed E-state index contributed by atoms with van der Waals surface area (Å²) in [7, 11) is 0. The van der Waals surface area contributed by atoms with Crippen molar-refractivity contribution in [3.05, 3.63) is 57.0 Å². The van der Waals surface area contributed by atoms with E-state index in [4.69, 9.17) is 11.6 Å². The number of halogens is 1. The zero-order valence-electron chi connectivity index (χ0n) is 13.1. The average molecular weight is 348 g/mol. The monoisotopic (exact) mass is 347 g/mol. The molecule has 1 aromatic heterocycles. The first kappa shape index (κ1) is 16.6. The van der Waals surface area contributed by atoms with Gasteiger partial charge in [0.25, 0.3) is 0 Å². The van der Waals surface area contributed by atoms with Crippen LogP contribution in [0.15, 0.2) is 30.5 Å². The van der Waals surface area contributed by atoms with Crippen LogP contribution in [-0.2, 0) is 13.1 Å². The third-order valence-electron chi connectivity index (χ3n) is 3.99. The zero-order chi connectivity index (χ0) is 16.9. The minimum Gasteiger partial charge on any atom is -0.360 e. The predicted octanol–water partition coefficient (Wildman–Crippen LogP) is 3.25. The van der Waals surface area contributed by atoms with Crippen LogP contribution in [0, 0.1) is 10.1 Å². The van der Waals surface area contributed by atoms with Crippen LogP contribution in [0.4, 0.5) is 11.5 Å². The molecular formula is C16H18ClN5O2. The zero-order valence-corrected chi connectivity index (χ0v) is 13.9. The van der Waals surface area contributed by atoms with Gasteiger partial charge in [0.15, 0.2) is 0 Å². The molecule has 0 unspecified atom stereocenters. The molecule has 1 saturated heterocycles. The maximum absolute atomic E-state index is 11.0. The van der Waals surface area contributed by atoms with Gasteiger partial charge in [0.1, 0.15) is 6.20 Å². The lowest BCUT2D eigenvalue weighted by molar-refractivity contribution is -0.384. The Hall–Kier alpha value is -2.25. The summed E-state index contributed by atoms with van der Waals surface area (Å²) in [5, 5.41) is 14.0. The molecule has 2 heterocycles. The Kier molecular flexibility index (Phi) is 5.22. The number of hydrogen-bond acceptors (Lipinski definition) is 6. The smallest absolute Gasteiger partial charge is 0.329 e. The molecule has 0 radical (unpaired) electrons. The fourth-order valence-electron chi connectivity index (χ4n) is 2.84. The lowest BCUT2D eigenvalue weighted by atomic mass is 10.1. The molecule has 24 heavy (non-hydrogen) atoms. The second-order valence-corrected chi connectivity index (χ2v) is 6.12. The van der Waals surface area contributed by atoms with Gasteiger partial charge in [-0.1, -0.05) is 24.3 Å². The van der Waals surface area contributed by atoms with E-state index in [9.17, 15) is 10.1 Å². The SMILES string of the molecule is O=[N+]([O-])c1cnc(Cl)nc1NCc1cccc(CN2CCCC2)c1. The number of nitrogens with zero attached hydrogens (tertiary/aromatic N) is 4. The third kappa shape index (κ3) is 4.18. The van der Waals surface area contributed by atoms with Gasteiger partial charge in [0.05, 0.1) is 4.92 Å². The van der Waals surface area contributed by atoms with E-state index in [1.54, 1.807) is 0 Å². The summed E-state index contributed by atoms with van der Waals surface area (Å²) in [5.74, 6) is 0.130. The van der Waals surface area contributed by atoms with Gasteiger partial charge in [0.2, 0.25) is 11.1 Å². The molecule has 1 aliphatic heterocycles. The molecule has 0 saturated carbocycles. The molecule has 1 aliphatic rings. The molecule has 126 valence electrons. The van der Waals surface area contributed by atoms with Crippen molar-refractivity contribution in [2.45, 2.75) is 25.9 Å². The maximum atomic E-state index is 11.0. The molecular weight excluding hydrogens is 330 g/mol. The van der Waals surface area contributed by atoms with Gasteiger partial charge in [0, 0.05) is 13.1 Å². The number of hydrogen-bond donors (Lipinski definition) is 1. The van der Waals surface area contributed by atoms with Crippen LogP contribution in [0.1, 0.15) is 24.0 Å². The van der Waals surface area contributed by atoms with E-state index in [2.05, 4.69) is 32.3 Å². The van der Waals surface area contributed by atoms with Gasteiger partial charge < -0.3 is 5.32 Å². The molecule has 3 rings (SSSR count). The Balaban J connectivity index is 1.68. The lowest BCUT2D eigenvalue weighted by Crippen LogP contribution is -2.18. The van der Waals surface area contributed by atoms with E-state index in [1.807, 2.05) is 12.1 Å². The fourth-order valence-corrected chi connectivity index (χ4v) is 2.97.